The standard InChI is InChI=1S/C15H22N4O/c16-15(18-20)14-13(6-3-8-17-14)19-9-7-11-4-1-2-5-12(11)10-19/h3,6,8,11-12,20H,1-2,4-5,7,9-10H2,(H2,16,18). The van der Waals surface area contributed by atoms with Crippen molar-refractivity contribution in [2.45, 2.75) is 32.1 Å². The molecule has 0 spiro atoms. The van der Waals surface area contributed by atoms with Gasteiger partial charge in [0.25, 0.3) is 0 Å². The molecule has 1 aliphatic carbocycles. The Morgan fingerprint density at radius 1 is 1.30 bits per heavy atom. The van der Waals surface area contributed by atoms with Crippen molar-refractivity contribution in [3.63, 3.8) is 0 Å². The molecular formula is C15H22N4O. The molecule has 5 heteroatoms. The molecule has 2 unspecified atom stereocenters. The Labute approximate surface area is 119 Å². The van der Waals surface area contributed by atoms with Crippen molar-refractivity contribution in [2.75, 3.05) is 18.0 Å². The third kappa shape index (κ3) is 2.44. The highest BCUT2D eigenvalue weighted by Crippen LogP contribution is 2.37. The zero-order valence-electron chi connectivity index (χ0n) is 11.7. The lowest BCUT2D eigenvalue weighted by atomic mass is 9.75. The van der Waals surface area contributed by atoms with E-state index in [0.29, 0.717) is 5.69 Å². The fraction of sp³-hybridized carbons (Fsp3) is 0.600. The van der Waals surface area contributed by atoms with Crippen LogP contribution in [-0.2, 0) is 0 Å². The highest BCUT2D eigenvalue weighted by Gasteiger charge is 2.32. The molecule has 108 valence electrons. The van der Waals surface area contributed by atoms with Crippen LogP contribution in [-0.4, -0.2) is 29.1 Å². The van der Waals surface area contributed by atoms with E-state index in [0.717, 1.165) is 30.6 Å². The highest BCUT2D eigenvalue weighted by molar-refractivity contribution is 6.00. The maximum atomic E-state index is 8.90. The Balaban J connectivity index is 1.83. The van der Waals surface area contributed by atoms with Gasteiger partial charge in [-0.25, -0.2) is 0 Å². The molecule has 2 aliphatic rings. The molecule has 1 aliphatic heterocycles. The fourth-order valence-corrected chi connectivity index (χ4v) is 3.72. The van der Waals surface area contributed by atoms with Crippen molar-refractivity contribution in [1.29, 1.82) is 0 Å². The van der Waals surface area contributed by atoms with Crippen LogP contribution in [0.3, 0.4) is 0 Å². The van der Waals surface area contributed by atoms with Crippen LogP contribution < -0.4 is 10.6 Å². The molecule has 1 aromatic rings. The number of hydrogen-bond acceptors (Lipinski definition) is 4. The van der Waals surface area contributed by atoms with Gasteiger partial charge in [0.1, 0.15) is 5.69 Å². The van der Waals surface area contributed by atoms with E-state index in [-0.39, 0.29) is 5.84 Å². The number of aromatic nitrogens is 1. The van der Waals surface area contributed by atoms with E-state index in [9.17, 15) is 0 Å². The second-order valence-corrected chi connectivity index (χ2v) is 5.90. The zero-order chi connectivity index (χ0) is 13.9. The van der Waals surface area contributed by atoms with Crippen molar-refractivity contribution in [2.24, 2.45) is 22.7 Å². The summed E-state index contributed by atoms with van der Waals surface area (Å²) >= 11 is 0. The summed E-state index contributed by atoms with van der Waals surface area (Å²) in [6, 6.07) is 3.93. The highest BCUT2D eigenvalue weighted by atomic mass is 16.4. The minimum absolute atomic E-state index is 0.0892. The summed E-state index contributed by atoms with van der Waals surface area (Å²) in [5, 5.41) is 12.0. The maximum Gasteiger partial charge on any atom is 0.190 e. The lowest BCUT2D eigenvalue weighted by molar-refractivity contribution is 0.202. The first-order valence-electron chi connectivity index (χ1n) is 7.47. The number of anilines is 1. The van der Waals surface area contributed by atoms with Crippen molar-refractivity contribution < 1.29 is 5.21 Å². The molecule has 2 atom stereocenters. The molecule has 3 N–H and O–H groups in total. The summed E-state index contributed by atoms with van der Waals surface area (Å²) in [6.45, 7) is 2.11. The molecule has 0 amide bonds. The Hall–Kier alpha value is -1.78. The smallest absolute Gasteiger partial charge is 0.190 e. The van der Waals surface area contributed by atoms with Crippen molar-refractivity contribution in [3.8, 4) is 0 Å². The van der Waals surface area contributed by atoms with E-state index in [1.165, 1.54) is 32.1 Å². The normalized spacial score (nSPS) is 27.2. The minimum Gasteiger partial charge on any atom is -0.409 e. The molecule has 3 rings (SSSR count). The van der Waals surface area contributed by atoms with Crippen molar-refractivity contribution in [3.05, 3.63) is 24.0 Å². The molecule has 2 heterocycles. The number of nitrogens with two attached hydrogens (primary N) is 1. The van der Waals surface area contributed by atoms with Crippen LogP contribution in [0.5, 0.6) is 0 Å². The number of nitrogens with zero attached hydrogens (tertiary/aromatic N) is 3. The lowest BCUT2D eigenvalue weighted by Crippen LogP contribution is -2.42. The average molecular weight is 274 g/mol. The predicted octanol–water partition coefficient (Wildman–Crippen LogP) is 2.19. The van der Waals surface area contributed by atoms with Gasteiger partial charge in [-0.05, 0) is 36.8 Å². The quantitative estimate of drug-likeness (QED) is 0.375. The number of hydrogen-bond donors (Lipinski definition) is 2. The largest absolute Gasteiger partial charge is 0.409 e. The van der Waals surface area contributed by atoms with Crippen molar-refractivity contribution in [1.82, 2.24) is 4.98 Å². The van der Waals surface area contributed by atoms with Crippen LogP contribution in [0.15, 0.2) is 23.5 Å². The summed E-state index contributed by atoms with van der Waals surface area (Å²) in [6.07, 6.45) is 8.40. The number of piperidine rings is 1. The van der Waals surface area contributed by atoms with Crippen LogP contribution in [0.2, 0.25) is 0 Å². The number of rotatable bonds is 2. The Bertz CT molecular complexity index is 502. The van der Waals surface area contributed by atoms with Crippen LogP contribution in [0.25, 0.3) is 0 Å². The molecule has 1 aromatic heterocycles. The molecule has 0 bridgehead atoms. The molecule has 20 heavy (non-hydrogen) atoms. The van der Waals surface area contributed by atoms with Crippen molar-refractivity contribution >= 4 is 11.5 Å². The van der Waals surface area contributed by atoms with Gasteiger partial charge in [0.05, 0.1) is 5.69 Å². The third-order valence-electron chi connectivity index (χ3n) is 4.77. The molecule has 1 saturated carbocycles. The number of oxime groups is 1. The second-order valence-electron chi connectivity index (χ2n) is 5.90. The molecule has 0 aromatic carbocycles. The Kier molecular flexibility index (Phi) is 3.76. The first-order valence-corrected chi connectivity index (χ1v) is 7.47. The zero-order valence-corrected chi connectivity index (χ0v) is 11.7. The van der Waals surface area contributed by atoms with Gasteiger partial charge in [-0.3, -0.25) is 4.98 Å². The van der Waals surface area contributed by atoms with Crippen LogP contribution in [0, 0.1) is 11.8 Å². The molecule has 2 fully saturated rings. The van der Waals surface area contributed by atoms with Crippen LogP contribution in [0.4, 0.5) is 5.69 Å². The average Bonchev–Trinajstić information content (AvgIpc) is 2.53. The minimum atomic E-state index is 0.0892. The Morgan fingerprint density at radius 2 is 2.10 bits per heavy atom. The van der Waals surface area contributed by atoms with E-state index in [4.69, 9.17) is 10.9 Å². The molecular weight excluding hydrogens is 252 g/mol. The summed E-state index contributed by atoms with van der Waals surface area (Å²) in [7, 11) is 0. The fourth-order valence-electron chi connectivity index (χ4n) is 3.72. The number of fused-ring (bicyclic) bond motifs is 1. The first-order chi connectivity index (χ1) is 9.79. The van der Waals surface area contributed by atoms with E-state index in [1.54, 1.807) is 6.20 Å². The van der Waals surface area contributed by atoms with Crippen LogP contribution in [0.1, 0.15) is 37.8 Å². The SMILES string of the molecule is N/C(=N/O)c1ncccc1N1CCC2CCCCC2C1. The van der Waals surface area contributed by atoms with Crippen LogP contribution >= 0.6 is 0 Å². The van der Waals surface area contributed by atoms with E-state index >= 15 is 0 Å². The topological polar surface area (TPSA) is 74.7 Å². The predicted molar refractivity (Wildman–Crippen MR) is 79.0 cm³/mol. The Morgan fingerprint density at radius 3 is 2.90 bits per heavy atom. The summed E-state index contributed by atoms with van der Waals surface area (Å²) < 4.78 is 0. The maximum absolute atomic E-state index is 8.90. The molecule has 0 radical (unpaired) electrons. The van der Waals surface area contributed by atoms with Gasteiger partial charge in [-0.1, -0.05) is 24.4 Å². The monoisotopic (exact) mass is 274 g/mol. The van der Waals surface area contributed by atoms with Gasteiger partial charge in [-0.15, -0.1) is 0 Å². The summed E-state index contributed by atoms with van der Waals surface area (Å²) in [5.74, 6) is 1.77. The van der Waals surface area contributed by atoms with Gasteiger partial charge < -0.3 is 15.8 Å². The van der Waals surface area contributed by atoms with Gasteiger partial charge in [0, 0.05) is 19.3 Å². The summed E-state index contributed by atoms with van der Waals surface area (Å²) in [5.41, 5.74) is 7.32. The van der Waals surface area contributed by atoms with E-state index in [2.05, 4.69) is 15.0 Å². The lowest BCUT2D eigenvalue weighted by Gasteiger charge is -2.42. The third-order valence-corrected chi connectivity index (χ3v) is 4.77. The molecule has 5 nitrogen and oxygen atoms in total. The van der Waals surface area contributed by atoms with E-state index in [1.807, 2.05) is 12.1 Å². The number of amidine groups is 1. The molecule has 1 saturated heterocycles. The second kappa shape index (κ2) is 5.69. The number of pyridine rings is 1. The first kappa shape index (κ1) is 13.2. The van der Waals surface area contributed by atoms with E-state index < -0.39 is 0 Å². The van der Waals surface area contributed by atoms with Gasteiger partial charge in [0.15, 0.2) is 5.84 Å². The van der Waals surface area contributed by atoms with Gasteiger partial charge >= 0.3 is 0 Å². The van der Waals surface area contributed by atoms with Gasteiger partial charge in [-0.2, -0.15) is 0 Å². The summed E-state index contributed by atoms with van der Waals surface area (Å²) in [4.78, 5) is 6.63. The van der Waals surface area contributed by atoms with Gasteiger partial charge in [0.2, 0.25) is 0 Å².